The number of carboxylic acids is 1. The van der Waals surface area contributed by atoms with E-state index in [4.69, 9.17) is 4.74 Å². The number of rotatable bonds is 8. The number of aliphatic carboxylic acids is 1. The Kier molecular flexibility index (Phi) is 6.73. The van der Waals surface area contributed by atoms with E-state index < -0.39 is 23.8 Å². The molecule has 2 aromatic carbocycles. The van der Waals surface area contributed by atoms with Crippen molar-refractivity contribution in [1.29, 1.82) is 0 Å². The lowest BCUT2D eigenvalue weighted by Gasteiger charge is -2.15. The van der Waals surface area contributed by atoms with Gasteiger partial charge in [0, 0.05) is 12.0 Å². The summed E-state index contributed by atoms with van der Waals surface area (Å²) in [5, 5.41) is 14.2. The molecule has 7 nitrogen and oxygen atoms in total. The largest absolute Gasteiger partial charge is 0.497 e. The van der Waals surface area contributed by atoms with E-state index in [2.05, 4.69) is 10.6 Å². The van der Waals surface area contributed by atoms with E-state index in [0.717, 1.165) is 5.56 Å². The molecule has 1 atom stereocenters. The lowest BCUT2D eigenvalue weighted by molar-refractivity contribution is -0.141. The van der Waals surface area contributed by atoms with E-state index >= 15 is 0 Å². The predicted octanol–water partition coefficient (Wildman–Crippen LogP) is 1.24. The molecule has 0 heterocycles. The van der Waals surface area contributed by atoms with E-state index in [1.165, 1.54) is 0 Å². The molecule has 0 aliphatic rings. The van der Waals surface area contributed by atoms with E-state index in [1.54, 1.807) is 61.7 Å². The average Bonchev–Trinajstić information content (AvgIpc) is 2.66. The van der Waals surface area contributed by atoms with Gasteiger partial charge >= 0.3 is 5.97 Å². The number of hydrogen-bond donors (Lipinski definition) is 3. The van der Waals surface area contributed by atoms with Crippen LogP contribution in [0.2, 0.25) is 0 Å². The molecule has 0 bridgehead atoms. The maximum atomic E-state index is 12.0. The minimum Gasteiger partial charge on any atom is -0.497 e. The molecule has 0 radical (unpaired) electrons. The SMILES string of the molecule is COc1ccc(C[C@H](NC(=O)CNC(=O)c2ccccc2)C(=O)O)cc1. The highest BCUT2D eigenvalue weighted by atomic mass is 16.5. The third-order valence-electron chi connectivity index (χ3n) is 3.68. The van der Waals surface area contributed by atoms with Crippen LogP contribution in [0.5, 0.6) is 5.75 Å². The van der Waals surface area contributed by atoms with Gasteiger partial charge in [-0.05, 0) is 29.8 Å². The molecule has 0 saturated carbocycles. The van der Waals surface area contributed by atoms with Crippen LogP contribution < -0.4 is 15.4 Å². The molecular weight excluding hydrogens is 336 g/mol. The first-order chi connectivity index (χ1) is 12.5. The predicted molar refractivity (Wildman–Crippen MR) is 95.0 cm³/mol. The van der Waals surface area contributed by atoms with Gasteiger partial charge in [0.05, 0.1) is 13.7 Å². The van der Waals surface area contributed by atoms with Gasteiger partial charge in [-0.2, -0.15) is 0 Å². The zero-order valence-electron chi connectivity index (χ0n) is 14.3. The van der Waals surface area contributed by atoms with Gasteiger partial charge < -0.3 is 20.5 Å². The molecule has 2 aromatic rings. The minimum absolute atomic E-state index is 0.123. The smallest absolute Gasteiger partial charge is 0.326 e. The van der Waals surface area contributed by atoms with Crippen molar-refractivity contribution in [3.8, 4) is 5.75 Å². The monoisotopic (exact) mass is 356 g/mol. The normalized spacial score (nSPS) is 11.3. The van der Waals surface area contributed by atoms with Crippen LogP contribution in [0.4, 0.5) is 0 Å². The first-order valence-electron chi connectivity index (χ1n) is 7.98. The van der Waals surface area contributed by atoms with Gasteiger partial charge in [-0.25, -0.2) is 4.79 Å². The number of nitrogens with one attached hydrogen (secondary N) is 2. The Morgan fingerprint density at radius 2 is 1.69 bits per heavy atom. The number of methoxy groups -OCH3 is 1. The quantitative estimate of drug-likeness (QED) is 0.660. The Morgan fingerprint density at radius 3 is 2.27 bits per heavy atom. The van der Waals surface area contributed by atoms with E-state index in [1.807, 2.05) is 0 Å². The van der Waals surface area contributed by atoms with E-state index in [0.29, 0.717) is 11.3 Å². The second-order valence-corrected chi connectivity index (χ2v) is 5.56. The molecule has 3 N–H and O–H groups in total. The summed E-state index contributed by atoms with van der Waals surface area (Å²) >= 11 is 0. The summed E-state index contributed by atoms with van der Waals surface area (Å²) < 4.78 is 5.05. The lowest BCUT2D eigenvalue weighted by atomic mass is 10.1. The van der Waals surface area contributed by atoms with Crippen LogP contribution >= 0.6 is 0 Å². The minimum atomic E-state index is -1.15. The second kappa shape index (κ2) is 9.22. The zero-order chi connectivity index (χ0) is 18.9. The summed E-state index contributed by atoms with van der Waals surface area (Å²) in [5.41, 5.74) is 1.17. The number of hydrogen-bond acceptors (Lipinski definition) is 4. The van der Waals surface area contributed by atoms with Gasteiger partial charge in [-0.1, -0.05) is 30.3 Å². The molecule has 0 saturated heterocycles. The summed E-state index contributed by atoms with van der Waals surface area (Å²) in [4.78, 5) is 35.3. The standard InChI is InChI=1S/C19H20N2O5/c1-26-15-9-7-13(8-10-15)11-16(19(24)25)21-17(22)12-20-18(23)14-5-3-2-4-6-14/h2-10,16H,11-12H2,1H3,(H,20,23)(H,21,22)(H,24,25)/t16-/m0/s1. The summed E-state index contributed by atoms with van der Waals surface area (Å²) in [7, 11) is 1.54. The van der Waals surface area contributed by atoms with Crippen molar-refractivity contribution in [2.45, 2.75) is 12.5 Å². The number of amides is 2. The van der Waals surface area contributed by atoms with Crippen LogP contribution in [-0.4, -0.2) is 42.6 Å². The number of carboxylic acid groups (broad SMARTS) is 1. The summed E-state index contributed by atoms with van der Waals surface area (Å²) in [6, 6.07) is 14.3. The fraction of sp³-hybridized carbons (Fsp3) is 0.211. The highest BCUT2D eigenvalue weighted by Gasteiger charge is 2.20. The van der Waals surface area contributed by atoms with Crippen molar-refractivity contribution in [3.05, 3.63) is 65.7 Å². The van der Waals surface area contributed by atoms with Crippen LogP contribution in [0, 0.1) is 0 Å². The van der Waals surface area contributed by atoms with Crippen LogP contribution in [0.1, 0.15) is 15.9 Å². The fourth-order valence-corrected chi connectivity index (χ4v) is 2.29. The maximum Gasteiger partial charge on any atom is 0.326 e. The lowest BCUT2D eigenvalue weighted by Crippen LogP contribution is -2.46. The molecule has 0 spiro atoms. The van der Waals surface area contributed by atoms with Crippen LogP contribution in [0.15, 0.2) is 54.6 Å². The first kappa shape index (κ1) is 19.0. The highest BCUT2D eigenvalue weighted by molar-refractivity contribution is 5.96. The molecule has 0 unspecified atom stereocenters. The van der Waals surface area contributed by atoms with Crippen molar-refractivity contribution in [3.63, 3.8) is 0 Å². The molecule has 0 aliphatic heterocycles. The number of benzene rings is 2. The molecule has 0 fully saturated rings. The van der Waals surface area contributed by atoms with Gasteiger partial charge in [-0.3, -0.25) is 9.59 Å². The summed E-state index contributed by atoms with van der Waals surface area (Å²) in [6.45, 7) is -0.305. The average molecular weight is 356 g/mol. The van der Waals surface area contributed by atoms with Gasteiger partial charge in [0.1, 0.15) is 11.8 Å². The maximum absolute atomic E-state index is 12.0. The van der Waals surface area contributed by atoms with E-state index in [-0.39, 0.29) is 13.0 Å². The van der Waals surface area contributed by atoms with Crippen LogP contribution in [0.25, 0.3) is 0 Å². The van der Waals surface area contributed by atoms with Gasteiger partial charge in [0.25, 0.3) is 5.91 Å². The number of ether oxygens (including phenoxy) is 1. The molecule has 2 rings (SSSR count). The Balaban J connectivity index is 1.88. The topological polar surface area (TPSA) is 105 Å². The van der Waals surface area contributed by atoms with Gasteiger partial charge in [-0.15, -0.1) is 0 Å². The number of carbonyl (C=O) groups is 3. The van der Waals surface area contributed by atoms with Crippen LogP contribution in [0.3, 0.4) is 0 Å². The van der Waals surface area contributed by atoms with E-state index in [9.17, 15) is 19.5 Å². The Bertz CT molecular complexity index is 759. The molecule has 26 heavy (non-hydrogen) atoms. The Hall–Kier alpha value is -3.35. The van der Waals surface area contributed by atoms with Crippen molar-refractivity contribution < 1.29 is 24.2 Å². The van der Waals surface area contributed by atoms with Crippen molar-refractivity contribution in [2.24, 2.45) is 0 Å². The van der Waals surface area contributed by atoms with Gasteiger partial charge in [0.2, 0.25) is 5.91 Å². The molecule has 2 amide bonds. The summed E-state index contributed by atoms with van der Waals surface area (Å²) in [5.74, 6) is -1.46. The molecule has 0 aliphatic carbocycles. The molecule has 0 aromatic heterocycles. The van der Waals surface area contributed by atoms with Gasteiger partial charge in [0.15, 0.2) is 0 Å². The first-order valence-corrected chi connectivity index (χ1v) is 7.98. The highest BCUT2D eigenvalue weighted by Crippen LogP contribution is 2.12. The second-order valence-electron chi connectivity index (χ2n) is 5.56. The Labute approximate surface area is 151 Å². The van der Waals surface area contributed by atoms with Crippen molar-refractivity contribution in [2.75, 3.05) is 13.7 Å². The van der Waals surface area contributed by atoms with Crippen LogP contribution in [-0.2, 0) is 16.0 Å². The third-order valence-corrected chi connectivity index (χ3v) is 3.68. The number of carbonyl (C=O) groups excluding carboxylic acids is 2. The molecule has 136 valence electrons. The summed E-state index contributed by atoms with van der Waals surface area (Å²) in [6.07, 6.45) is 0.123. The Morgan fingerprint density at radius 1 is 1.04 bits per heavy atom. The zero-order valence-corrected chi connectivity index (χ0v) is 14.3. The molecule has 7 heteroatoms. The molecular formula is C19H20N2O5. The third kappa shape index (κ3) is 5.62. The van der Waals surface area contributed by atoms with Crippen molar-refractivity contribution >= 4 is 17.8 Å². The van der Waals surface area contributed by atoms with Crippen molar-refractivity contribution in [1.82, 2.24) is 10.6 Å². The fourth-order valence-electron chi connectivity index (χ4n) is 2.29.